The molecule has 0 spiro atoms. The maximum absolute atomic E-state index is 13.5. The number of carbonyl (C=O) groups excluding carboxylic acids is 4. The summed E-state index contributed by atoms with van der Waals surface area (Å²) in [6, 6.07) is 11.4. The highest BCUT2D eigenvalue weighted by atomic mass is 19.1. The Kier molecular flexibility index (Phi) is 6.99. The first-order valence-corrected chi connectivity index (χ1v) is 9.91. The minimum atomic E-state index is -1.14. The van der Waals surface area contributed by atoms with Gasteiger partial charge in [-0.2, -0.15) is 0 Å². The van der Waals surface area contributed by atoms with Gasteiger partial charge in [0.05, 0.1) is 24.3 Å². The van der Waals surface area contributed by atoms with E-state index in [-0.39, 0.29) is 24.3 Å². The molecule has 2 aromatic rings. The van der Waals surface area contributed by atoms with Crippen LogP contribution >= 0.6 is 0 Å². The second kappa shape index (κ2) is 9.86. The summed E-state index contributed by atoms with van der Waals surface area (Å²) < 4.78 is 23.3. The Hall–Kier alpha value is -4.01. The molecule has 1 N–H and O–H groups in total. The SMILES string of the molecule is CCOC(=O)C(=CNC(c1ccc(F)cc1)N1C(=O)c2ccccc2C1=O)C(=O)OCC. The maximum Gasteiger partial charge on any atom is 0.347 e. The Balaban J connectivity index is 2.02. The zero-order valence-corrected chi connectivity index (χ0v) is 17.5. The molecule has 0 saturated heterocycles. The highest BCUT2D eigenvalue weighted by molar-refractivity contribution is 6.21. The zero-order valence-electron chi connectivity index (χ0n) is 17.5. The van der Waals surface area contributed by atoms with Gasteiger partial charge in [-0.3, -0.25) is 9.59 Å². The minimum Gasteiger partial charge on any atom is -0.462 e. The molecule has 1 atom stereocenters. The lowest BCUT2D eigenvalue weighted by Gasteiger charge is -2.27. The lowest BCUT2D eigenvalue weighted by atomic mass is 10.1. The Morgan fingerprint density at radius 2 is 1.44 bits per heavy atom. The van der Waals surface area contributed by atoms with Crippen molar-refractivity contribution in [2.45, 2.75) is 20.0 Å². The number of carbonyl (C=O) groups is 4. The summed E-state index contributed by atoms with van der Waals surface area (Å²) in [4.78, 5) is 51.4. The molecule has 9 heteroatoms. The molecule has 8 nitrogen and oxygen atoms in total. The number of rotatable bonds is 8. The third kappa shape index (κ3) is 4.51. The fraction of sp³-hybridized carbons (Fsp3) is 0.217. The van der Waals surface area contributed by atoms with Gasteiger partial charge in [-0.25, -0.2) is 18.9 Å². The third-order valence-electron chi connectivity index (χ3n) is 4.65. The van der Waals surface area contributed by atoms with Crippen LogP contribution in [0.3, 0.4) is 0 Å². The van der Waals surface area contributed by atoms with E-state index in [1.165, 1.54) is 36.4 Å². The maximum atomic E-state index is 13.5. The van der Waals surface area contributed by atoms with Gasteiger partial charge in [-0.05, 0) is 43.7 Å². The summed E-state index contributed by atoms with van der Waals surface area (Å²) in [6.45, 7) is 3.20. The topological polar surface area (TPSA) is 102 Å². The molecular weight excluding hydrogens is 419 g/mol. The number of benzene rings is 2. The monoisotopic (exact) mass is 440 g/mol. The quantitative estimate of drug-likeness (QED) is 0.221. The average Bonchev–Trinajstić information content (AvgIpc) is 3.03. The van der Waals surface area contributed by atoms with Crippen LogP contribution in [0.4, 0.5) is 4.39 Å². The first-order valence-electron chi connectivity index (χ1n) is 9.91. The van der Waals surface area contributed by atoms with Crippen molar-refractivity contribution >= 4 is 23.8 Å². The van der Waals surface area contributed by atoms with Crippen LogP contribution in [0.2, 0.25) is 0 Å². The van der Waals surface area contributed by atoms with Crippen molar-refractivity contribution in [2.75, 3.05) is 13.2 Å². The normalized spacial score (nSPS) is 13.3. The standard InChI is InChI=1S/C23H21FN2O6/c1-3-31-22(29)18(23(30)32-4-2)13-25-19(14-9-11-15(24)12-10-14)26-20(27)16-7-5-6-8-17(16)21(26)28/h5-13,19,25H,3-4H2,1-2H3. The second-order valence-electron chi connectivity index (χ2n) is 6.65. The first kappa shape index (κ1) is 22.7. The molecule has 0 saturated carbocycles. The van der Waals surface area contributed by atoms with E-state index in [4.69, 9.17) is 9.47 Å². The van der Waals surface area contributed by atoms with E-state index in [0.29, 0.717) is 5.56 Å². The largest absolute Gasteiger partial charge is 0.462 e. The van der Waals surface area contributed by atoms with Crippen LogP contribution in [0.1, 0.15) is 46.3 Å². The molecule has 0 aliphatic carbocycles. The molecule has 2 aromatic carbocycles. The zero-order chi connectivity index (χ0) is 23.3. The van der Waals surface area contributed by atoms with Crippen molar-refractivity contribution in [2.24, 2.45) is 0 Å². The van der Waals surface area contributed by atoms with Gasteiger partial charge >= 0.3 is 11.9 Å². The van der Waals surface area contributed by atoms with E-state index in [1.807, 2.05) is 0 Å². The highest BCUT2D eigenvalue weighted by Gasteiger charge is 2.40. The van der Waals surface area contributed by atoms with Crippen molar-refractivity contribution < 1.29 is 33.0 Å². The minimum absolute atomic E-state index is 0.0232. The van der Waals surface area contributed by atoms with E-state index in [2.05, 4.69) is 5.32 Å². The molecule has 0 fully saturated rings. The summed E-state index contributed by atoms with van der Waals surface area (Å²) in [7, 11) is 0. The summed E-state index contributed by atoms with van der Waals surface area (Å²) in [6.07, 6.45) is -0.102. The average molecular weight is 440 g/mol. The number of halogens is 1. The second-order valence-corrected chi connectivity index (χ2v) is 6.65. The van der Waals surface area contributed by atoms with Crippen LogP contribution < -0.4 is 5.32 Å². The number of nitrogens with one attached hydrogen (secondary N) is 1. The summed E-state index contributed by atoms with van der Waals surface area (Å²) >= 11 is 0. The summed E-state index contributed by atoms with van der Waals surface area (Å²) in [5, 5.41) is 2.77. The van der Waals surface area contributed by atoms with Gasteiger partial charge in [0.1, 0.15) is 12.0 Å². The molecule has 3 rings (SSSR count). The van der Waals surface area contributed by atoms with Crippen LogP contribution in [0.5, 0.6) is 0 Å². The molecule has 0 aromatic heterocycles. The van der Waals surface area contributed by atoms with Crippen molar-refractivity contribution in [3.63, 3.8) is 0 Å². The van der Waals surface area contributed by atoms with Crippen molar-refractivity contribution in [3.05, 3.63) is 82.8 Å². The van der Waals surface area contributed by atoms with E-state index in [0.717, 1.165) is 11.1 Å². The number of nitrogens with zero attached hydrogens (tertiary/aromatic N) is 1. The first-order chi connectivity index (χ1) is 15.4. The Bertz CT molecular complexity index is 1030. The van der Waals surface area contributed by atoms with Crippen molar-refractivity contribution in [1.82, 2.24) is 10.2 Å². The predicted octanol–water partition coefficient (Wildman–Crippen LogP) is 2.72. The van der Waals surface area contributed by atoms with Crippen LogP contribution in [-0.2, 0) is 19.1 Å². The molecule has 0 radical (unpaired) electrons. The Morgan fingerprint density at radius 1 is 0.938 bits per heavy atom. The number of hydrogen-bond donors (Lipinski definition) is 1. The van der Waals surface area contributed by atoms with Crippen LogP contribution in [0.15, 0.2) is 60.3 Å². The summed E-state index contributed by atoms with van der Waals surface area (Å²) in [5.41, 5.74) is 0.333. The van der Waals surface area contributed by atoms with Gasteiger partial charge in [0.15, 0.2) is 5.57 Å². The van der Waals surface area contributed by atoms with E-state index in [9.17, 15) is 23.6 Å². The third-order valence-corrected chi connectivity index (χ3v) is 4.65. The van der Waals surface area contributed by atoms with Gasteiger partial charge in [0.25, 0.3) is 11.8 Å². The number of hydrogen-bond acceptors (Lipinski definition) is 7. The van der Waals surface area contributed by atoms with Gasteiger partial charge < -0.3 is 14.8 Å². The van der Waals surface area contributed by atoms with E-state index >= 15 is 0 Å². The van der Waals surface area contributed by atoms with Gasteiger partial charge in [-0.1, -0.05) is 24.3 Å². The number of imide groups is 1. The lowest BCUT2D eigenvalue weighted by Crippen LogP contribution is -2.40. The fourth-order valence-corrected chi connectivity index (χ4v) is 3.19. The number of ether oxygens (including phenoxy) is 2. The van der Waals surface area contributed by atoms with E-state index < -0.39 is 41.3 Å². The molecule has 32 heavy (non-hydrogen) atoms. The molecule has 1 heterocycles. The van der Waals surface area contributed by atoms with Gasteiger partial charge in [0, 0.05) is 6.20 Å². The van der Waals surface area contributed by atoms with Gasteiger partial charge in [0.2, 0.25) is 0 Å². The highest BCUT2D eigenvalue weighted by Crippen LogP contribution is 2.30. The smallest absolute Gasteiger partial charge is 0.347 e. The Labute approximate surface area is 183 Å². The predicted molar refractivity (Wildman–Crippen MR) is 111 cm³/mol. The lowest BCUT2D eigenvalue weighted by molar-refractivity contribution is -0.146. The molecule has 1 aliphatic heterocycles. The van der Waals surface area contributed by atoms with E-state index in [1.54, 1.807) is 26.0 Å². The van der Waals surface area contributed by atoms with Crippen molar-refractivity contribution in [3.8, 4) is 0 Å². The molecule has 2 amide bonds. The number of fused-ring (bicyclic) bond motifs is 1. The fourth-order valence-electron chi connectivity index (χ4n) is 3.19. The van der Waals surface area contributed by atoms with Crippen LogP contribution in [-0.4, -0.2) is 41.9 Å². The molecule has 166 valence electrons. The van der Waals surface area contributed by atoms with Crippen molar-refractivity contribution in [1.29, 1.82) is 0 Å². The van der Waals surface area contributed by atoms with Crippen LogP contribution in [0.25, 0.3) is 0 Å². The molecule has 1 unspecified atom stereocenters. The molecular formula is C23H21FN2O6. The number of esters is 2. The Morgan fingerprint density at radius 3 is 1.91 bits per heavy atom. The molecule has 1 aliphatic rings. The summed E-state index contributed by atoms with van der Waals surface area (Å²) in [5.74, 6) is -3.52. The molecule has 0 bridgehead atoms. The van der Waals surface area contributed by atoms with Gasteiger partial charge in [-0.15, -0.1) is 0 Å². The van der Waals surface area contributed by atoms with Crippen LogP contribution in [0, 0.1) is 5.82 Å². The number of amides is 2.